The molecule has 4 rings (SSSR count). The average Bonchev–Trinajstić information content (AvgIpc) is 3.06. The highest BCUT2D eigenvalue weighted by Gasteiger charge is 2.18. The highest BCUT2D eigenvalue weighted by atomic mass is 16.3. The lowest BCUT2D eigenvalue weighted by Crippen LogP contribution is -2.36. The highest BCUT2D eigenvalue weighted by molar-refractivity contribution is 5.88. The number of carbonyl (C=O) groups is 1. The molecule has 2 aromatic heterocycles. The van der Waals surface area contributed by atoms with Gasteiger partial charge in [0, 0.05) is 18.7 Å². The number of aryl methyl sites for hydroxylation is 1. The first kappa shape index (κ1) is 18.7. The van der Waals surface area contributed by atoms with Crippen LogP contribution < -0.4 is 0 Å². The molecule has 0 aliphatic carbocycles. The van der Waals surface area contributed by atoms with E-state index in [2.05, 4.69) is 9.97 Å². The van der Waals surface area contributed by atoms with E-state index in [0.717, 1.165) is 28.8 Å². The van der Waals surface area contributed by atoms with Crippen molar-refractivity contribution < 1.29 is 15.0 Å². The third kappa shape index (κ3) is 3.35. The minimum atomic E-state index is -0.457. The number of nitriles is 1. The maximum atomic E-state index is 11.6. The molecule has 146 valence electrons. The number of benzene rings is 1. The van der Waals surface area contributed by atoms with E-state index in [0.29, 0.717) is 24.1 Å². The van der Waals surface area contributed by atoms with E-state index < -0.39 is 6.61 Å². The van der Waals surface area contributed by atoms with Gasteiger partial charge in [0.25, 0.3) is 0 Å². The number of fused-ring (bicyclic) bond motifs is 1. The second-order valence-electron chi connectivity index (χ2n) is 7.07. The topological polar surface area (TPSA) is 113 Å². The smallest absolute Gasteiger partial charge is 0.248 e. The Labute approximate surface area is 167 Å². The molecule has 1 aliphatic heterocycles. The monoisotopic (exact) mass is 388 g/mol. The number of rotatable bonds is 3. The van der Waals surface area contributed by atoms with E-state index in [1.54, 1.807) is 4.90 Å². The molecule has 7 nitrogen and oxygen atoms in total. The van der Waals surface area contributed by atoms with Crippen LogP contribution in [-0.4, -0.2) is 50.7 Å². The summed E-state index contributed by atoms with van der Waals surface area (Å²) in [4.78, 5) is 20.6. The van der Waals surface area contributed by atoms with Crippen molar-refractivity contribution in [3.8, 4) is 23.2 Å². The summed E-state index contributed by atoms with van der Waals surface area (Å²) < 4.78 is 0. The van der Waals surface area contributed by atoms with Crippen LogP contribution in [0.15, 0.2) is 36.4 Å². The average molecular weight is 388 g/mol. The number of aromatic amines is 1. The van der Waals surface area contributed by atoms with Crippen LogP contribution in [0.4, 0.5) is 0 Å². The van der Waals surface area contributed by atoms with Crippen molar-refractivity contribution >= 4 is 22.5 Å². The zero-order chi connectivity index (χ0) is 20.5. The molecular weight excluding hydrogens is 368 g/mol. The number of amides is 1. The Bertz CT molecular complexity index is 1170. The lowest BCUT2D eigenvalue weighted by atomic mass is 9.97. The predicted molar refractivity (Wildman–Crippen MR) is 109 cm³/mol. The largest absolute Gasteiger partial charge is 0.494 e. The summed E-state index contributed by atoms with van der Waals surface area (Å²) >= 11 is 0. The van der Waals surface area contributed by atoms with E-state index in [9.17, 15) is 15.2 Å². The summed E-state index contributed by atoms with van der Waals surface area (Å²) in [7, 11) is 0. The Morgan fingerprint density at radius 1 is 1.31 bits per heavy atom. The van der Waals surface area contributed by atoms with Crippen LogP contribution in [-0.2, 0) is 4.79 Å². The lowest BCUT2D eigenvalue weighted by Gasteiger charge is -2.26. The number of aliphatic hydroxyl groups is 1. The van der Waals surface area contributed by atoms with Crippen molar-refractivity contribution in [1.82, 2.24) is 14.9 Å². The number of nitrogens with one attached hydrogen (secondary N) is 1. The summed E-state index contributed by atoms with van der Waals surface area (Å²) in [5.74, 6) is -0.417. The van der Waals surface area contributed by atoms with Gasteiger partial charge in [-0.1, -0.05) is 30.3 Å². The molecule has 0 fully saturated rings. The SMILES string of the molecule is Cc1cc2[nH]c(O)c(C#N)c2nc1-c1ccc(C2=CCN(C(=O)CO)CC2)cc1. The number of hydrogen-bond acceptors (Lipinski definition) is 5. The number of nitrogens with zero attached hydrogens (tertiary/aromatic N) is 3. The molecule has 1 amide bonds. The molecule has 3 heterocycles. The molecule has 0 radical (unpaired) electrons. The Morgan fingerprint density at radius 2 is 2.03 bits per heavy atom. The maximum Gasteiger partial charge on any atom is 0.248 e. The summed E-state index contributed by atoms with van der Waals surface area (Å²) in [6, 6.07) is 11.9. The predicted octanol–water partition coefficient (Wildman–Crippen LogP) is 2.72. The fourth-order valence-electron chi connectivity index (χ4n) is 3.70. The normalized spacial score (nSPS) is 14.0. The van der Waals surface area contributed by atoms with E-state index in [1.807, 2.05) is 49.4 Å². The summed E-state index contributed by atoms with van der Waals surface area (Å²) in [5, 5.41) is 28.1. The van der Waals surface area contributed by atoms with Crippen molar-refractivity contribution in [3.05, 3.63) is 53.1 Å². The number of aliphatic hydroxyl groups excluding tert-OH is 1. The summed E-state index contributed by atoms with van der Waals surface area (Å²) in [5.41, 5.74) is 6.10. The van der Waals surface area contributed by atoms with Crippen LogP contribution in [0.2, 0.25) is 0 Å². The van der Waals surface area contributed by atoms with Crippen molar-refractivity contribution in [2.75, 3.05) is 19.7 Å². The zero-order valence-electron chi connectivity index (χ0n) is 15.9. The van der Waals surface area contributed by atoms with Gasteiger partial charge < -0.3 is 20.1 Å². The minimum absolute atomic E-state index is 0.146. The molecule has 7 heteroatoms. The first-order valence-corrected chi connectivity index (χ1v) is 9.32. The van der Waals surface area contributed by atoms with Crippen molar-refractivity contribution in [2.24, 2.45) is 0 Å². The maximum absolute atomic E-state index is 11.6. The van der Waals surface area contributed by atoms with Crippen molar-refractivity contribution in [1.29, 1.82) is 5.26 Å². The van der Waals surface area contributed by atoms with Gasteiger partial charge in [-0.3, -0.25) is 4.79 Å². The van der Waals surface area contributed by atoms with E-state index >= 15 is 0 Å². The van der Waals surface area contributed by atoms with Crippen LogP contribution in [0, 0.1) is 18.3 Å². The molecule has 29 heavy (non-hydrogen) atoms. The van der Waals surface area contributed by atoms with E-state index in [4.69, 9.17) is 5.11 Å². The first-order chi connectivity index (χ1) is 14.0. The van der Waals surface area contributed by atoms with Crippen molar-refractivity contribution in [3.63, 3.8) is 0 Å². The molecule has 0 saturated heterocycles. The summed E-state index contributed by atoms with van der Waals surface area (Å²) in [6.07, 6.45) is 2.76. The molecular formula is C22H20N4O3. The van der Waals surface area contributed by atoms with Crippen LogP contribution in [0.3, 0.4) is 0 Å². The molecule has 0 bridgehead atoms. The third-order valence-electron chi connectivity index (χ3n) is 5.28. The van der Waals surface area contributed by atoms with Gasteiger partial charge >= 0.3 is 0 Å². The molecule has 1 aliphatic rings. The van der Waals surface area contributed by atoms with Crippen LogP contribution in [0.1, 0.15) is 23.1 Å². The molecule has 0 spiro atoms. The molecule has 0 saturated carbocycles. The second-order valence-corrected chi connectivity index (χ2v) is 7.07. The van der Waals surface area contributed by atoms with Gasteiger partial charge in [0.1, 0.15) is 23.8 Å². The fraction of sp³-hybridized carbons (Fsp3) is 0.227. The van der Waals surface area contributed by atoms with Gasteiger partial charge in [-0.15, -0.1) is 0 Å². The molecule has 1 aromatic carbocycles. The number of pyridine rings is 1. The van der Waals surface area contributed by atoms with E-state index in [-0.39, 0.29) is 17.4 Å². The number of H-pyrrole nitrogens is 1. The van der Waals surface area contributed by atoms with E-state index in [1.165, 1.54) is 5.57 Å². The number of hydrogen-bond donors (Lipinski definition) is 3. The zero-order valence-corrected chi connectivity index (χ0v) is 15.9. The first-order valence-electron chi connectivity index (χ1n) is 9.32. The molecule has 3 N–H and O–H groups in total. The Hall–Kier alpha value is -3.63. The van der Waals surface area contributed by atoms with Crippen LogP contribution >= 0.6 is 0 Å². The van der Waals surface area contributed by atoms with Gasteiger partial charge in [0.15, 0.2) is 0 Å². The van der Waals surface area contributed by atoms with Gasteiger partial charge in [0.2, 0.25) is 11.8 Å². The van der Waals surface area contributed by atoms with Gasteiger partial charge in [-0.2, -0.15) is 5.26 Å². The quantitative estimate of drug-likeness (QED) is 0.638. The molecule has 0 unspecified atom stereocenters. The number of carbonyl (C=O) groups excluding carboxylic acids is 1. The standard InChI is InChI=1S/C22H20N4O3/c1-13-10-18-21(17(11-23)22(29)24-18)25-20(13)16-4-2-14(3-5-16)15-6-8-26(9-7-15)19(28)12-27/h2-6,10,24,27,29H,7-9,12H2,1H3. The fourth-order valence-corrected chi connectivity index (χ4v) is 3.70. The van der Waals surface area contributed by atoms with Crippen LogP contribution in [0.25, 0.3) is 27.9 Å². The summed E-state index contributed by atoms with van der Waals surface area (Å²) in [6.45, 7) is 2.58. The van der Waals surface area contributed by atoms with Gasteiger partial charge in [0.05, 0.1) is 11.2 Å². The lowest BCUT2D eigenvalue weighted by molar-refractivity contribution is -0.133. The number of aromatic hydroxyl groups is 1. The molecule has 3 aromatic rings. The Morgan fingerprint density at radius 3 is 2.66 bits per heavy atom. The second kappa shape index (κ2) is 7.41. The van der Waals surface area contributed by atoms with Crippen molar-refractivity contribution in [2.45, 2.75) is 13.3 Å². The van der Waals surface area contributed by atoms with Gasteiger partial charge in [-0.25, -0.2) is 4.98 Å². The highest BCUT2D eigenvalue weighted by Crippen LogP contribution is 2.31. The van der Waals surface area contributed by atoms with Gasteiger partial charge in [-0.05, 0) is 36.1 Å². The Kier molecular flexibility index (Phi) is 4.79. The third-order valence-corrected chi connectivity index (χ3v) is 5.28. The Balaban J connectivity index is 1.63. The molecule has 0 atom stereocenters. The number of aromatic nitrogens is 2. The minimum Gasteiger partial charge on any atom is -0.494 e. The van der Waals surface area contributed by atoms with Crippen LogP contribution in [0.5, 0.6) is 5.88 Å².